The van der Waals surface area contributed by atoms with Crippen molar-refractivity contribution in [2.45, 2.75) is 34.2 Å². The van der Waals surface area contributed by atoms with E-state index < -0.39 is 10.0 Å². The highest BCUT2D eigenvalue weighted by molar-refractivity contribution is 7.92. The number of hydrogen-bond donors (Lipinski definition) is 1. The first-order chi connectivity index (χ1) is 17.1. The Hall–Kier alpha value is -3.65. The van der Waals surface area contributed by atoms with Gasteiger partial charge in [-0.05, 0) is 86.3 Å². The van der Waals surface area contributed by atoms with Gasteiger partial charge in [0, 0.05) is 24.3 Å². The van der Waals surface area contributed by atoms with Crippen molar-refractivity contribution in [2.75, 3.05) is 28.6 Å². The summed E-state index contributed by atoms with van der Waals surface area (Å²) in [4.78, 5) is 14.8. The second-order valence-corrected chi connectivity index (χ2v) is 10.6. The first-order valence-corrected chi connectivity index (χ1v) is 13.8. The normalized spacial score (nSPS) is 11.5. The Balaban J connectivity index is 1.64. The highest BCUT2D eigenvalue weighted by Crippen LogP contribution is 2.23. The summed E-state index contributed by atoms with van der Waals surface area (Å²) in [5.74, 6) is -0.341. The van der Waals surface area contributed by atoms with Crippen molar-refractivity contribution >= 4 is 33.5 Å². The van der Waals surface area contributed by atoms with E-state index in [4.69, 9.17) is 0 Å². The minimum atomic E-state index is -3.49. The highest BCUT2D eigenvalue weighted by atomic mass is 32.2. The number of carbonyl (C=O) groups excluding carboxylic acids is 1. The minimum Gasteiger partial charge on any atom is -0.372 e. The third-order valence-corrected chi connectivity index (χ3v) is 7.26. The summed E-state index contributed by atoms with van der Waals surface area (Å²) < 4.78 is 26.3. The first kappa shape index (κ1) is 26.9. The maximum absolute atomic E-state index is 12.5. The summed E-state index contributed by atoms with van der Waals surface area (Å²) in [6.45, 7) is 10.2. The lowest BCUT2D eigenvalue weighted by atomic mass is 10.1. The van der Waals surface area contributed by atoms with E-state index in [0.717, 1.165) is 41.0 Å². The number of carbonyl (C=O) groups is 1. The van der Waals surface area contributed by atoms with Crippen LogP contribution in [-0.2, 0) is 16.6 Å². The van der Waals surface area contributed by atoms with Gasteiger partial charge in [-0.2, -0.15) is 5.10 Å². The average molecular weight is 507 g/mol. The molecule has 0 bridgehead atoms. The zero-order chi connectivity index (χ0) is 26.3. The van der Waals surface area contributed by atoms with Gasteiger partial charge in [0.25, 0.3) is 5.91 Å². The Morgan fingerprint density at radius 1 is 0.889 bits per heavy atom. The number of rotatable bonds is 10. The standard InChI is InChI=1S/C28H34N4O3S/c1-6-31(7-2)26-16-11-23(12-17-26)19-29-30-28(33)25-13-9-24(10-14-25)20-32(36(5,34)35)27-15-8-21(3)22(4)18-27/h8-19H,6-7,20H2,1-5H3,(H,30,33)/b29-19-. The smallest absolute Gasteiger partial charge is 0.271 e. The summed E-state index contributed by atoms with van der Waals surface area (Å²) in [6.07, 6.45) is 2.80. The molecule has 0 aliphatic carbocycles. The fraction of sp³-hybridized carbons (Fsp3) is 0.286. The zero-order valence-corrected chi connectivity index (χ0v) is 22.3. The number of sulfonamides is 1. The summed E-state index contributed by atoms with van der Waals surface area (Å²) >= 11 is 0. The molecule has 0 aromatic heterocycles. The number of hydrazone groups is 1. The Bertz CT molecular complexity index is 1310. The molecule has 0 heterocycles. The van der Waals surface area contributed by atoms with Crippen LogP contribution in [0.25, 0.3) is 0 Å². The fourth-order valence-corrected chi connectivity index (χ4v) is 4.68. The highest BCUT2D eigenvalue weighted by Gasteiger charge is 2.18. The average Bonchev–Trinajstić information content (AvgIpc) is 2.85. The van der Waals surface area contributed by atoms with Gasteiger partial charge in [0.2, 0.25) is 10.0 Å². The Kier molecular flexibility index (Phi) is 8.88. The number of benzene rings is 3. The molecule has 190 valence electrons. The van der Waals surface area contributed by atoms with Crippen molar-refractivity contribution in [3.8, 4) is 0 Å². The molecular formula is C28H34N4O3S. The molecular weight excluding hydrogens is 472 g/mol. The van der Waals surface area contributed by atoms with E-state index in [1.54, 1.807) is 36.5 Å². The first-order valence-electron chi connectivity index (χ1n) is 11.9. The second kappa shape index (κ2) is 11.9. The van der Waals surface area contributed by atoms with Gasteiger partial charge < -0.3 is 4.90 Å². The molecule has 0 radical (unpaired) electrons. The molecule has 1 N–H and O–H groups in total. The molecule has 7 nitrogen and oxygen atoms in total. The van der Waals surface area contributed by atoms with Crippen LogP contribution in [0.5, 0.6) is 0 Å². The summed E-state index contributed by atoms with van der Waals surface area (Å²) in [5, 5.41) is 4.07. The second-order valence-electron chi connectivity index (χ2n) is 8.70. The SMILES string of the molecule is CCN(CC)c1ccc(/C=N\NC(=O)c2ccc(CN(c3ccc(C)c(C)c3)S(C)(=O)=O)cc2)cc1. The molecule has 0 atom stereocenters. The van der Waals surface area contributed by atoms with Crippen molar-refractivity contribution < 1.29 is 13.2 Å². The van der Waals surface area contributed by atoms with Crippen LogP contribution in [0.2, 0.25) is 0 Å². The van der Waals surface area contributed by atoms with Crippen LogP contribution in [-0.4, -0.2) is 39.9 Å². The van der Waals surface area contributed by atoms with E-state index in [2.05, 4.69) is 29.3 Å². The molecule has 0 spiro atoms. The van der Waals surface area contributed by atoms with Crippen molar-refractivity contribution in [3.05, 3.63) is 94.5 Å². The molecule has 0 saturated carbocycles. The maximum atomic E-state index is 12.5. The van der Waals surface area contributed by atoms with Crippen LogP contribution in [0.15, 0.2) is 71.8 Å². The number of anilines is 2. The Morgan fingerprint density at radius 3 is 2.06 bits per heavy atom. The van der Waals surface area contributed by atoms with Gasteiger partial charge in [0.1, 0.15) is 0 Å². The predicted octanol–water partition coefficient (Wildman–Crippen LogP) is 4.88. The molecule has 36 heavy (non-hydrogen) atoms. The molecule has 0 fully saturated rings. The van der Waals surface area contributed by atoms with E-state index >= 15 is 0 Å². The molecule has 0 aliphatic rings. The number of amides is 1. The zero-order valence-electron chi connectivity index (χ0n) is 21.5. The predicted molar refractivity (Wildman–Crippen MR) is 148 cm³/mol. The molecule has 8 heteroatoms. The molecule has 3 rings (SSSR count). The van der Waals surface area contributed by atoms with E-state index in [1.165, 1.54) is 10.6 Å². The lowest BCUT2D eigenvalue weighted by Gasteiger charge is -2.23. The summed E-state index contributed by atoms with van der Waals surface area (Å²) in [5.41, 5.74) is 8.51. The van der Waals surface area contributed by atoms with Gasteiger partial charge in [-0.25, -0.2) is 13.8 Å². The monoisotopic (exact) mass is 506 g/mol. The number of hydrogen-bond acceptors (Lipinski definition) is 5. The van der Waals surface area contributed by atoms with Gasteiger partial charge in [-0.1, -0.05) is 30.3 Å². The van der Waals surface area contributed by atoms with Gasteiger partial charge in [0.15, 0.2) is 0 Å². The quantitative estimate of drug-likeness (QED) is 0.314. The molecule has 0 saturated heterocycles. The lowest BCUT2D eigenvalue weighted by Crippen LogP contribution is -2.29. The third kappa shape index (κ3) is 6.95. The number of nitrogens with zero attached hydrogens (tertiary/aromatic N) is 3. The Labute approximate surface area is 214 Å². The summed E-state index contributed by atoms with van der Waals surface area (Å²) in [7, 11) is -3.49. The lowest BCUT2D eigenvalue weighted by molar-refractivity contribution is 0.0955. The van der Waals surface area contributed by atoms with Crippen LogP contribution in [0.3, 0.4) is 0 Å². The van der Waals surface area contributed by atoms with Crippen molar-refractivity contribution in [3.63, 3.8) is 0 Å². The third-order valence-electron chi connectivity index (χ3n) is 6.12. The van der Waals surface area contributed by atoms with Gasteiger partial charge >= 0.3 is 0 Å². The molecule has 0 unspecified atom stereocenters. The van der Waals surface area contributed by atoms with Crippen molar-refractivity contribution in [1.29, 1.82) is 0 Å². The van der Waals surface area contributed by atoms with Gasteiger partial charge in [0.05, 0.1) is 24.7 Å². The van der Waals surface area contributed by atoms with Gasteiger partial charge in [-0.15, -0.1) is 0 Å². The van der Waals surface area contributed by atoms with Crippen LogP contribution in [0, 0.1) is 13.8 Å². The largest absolute Gasteiger partial charge is 0.372 e. The summed E-state index contributed by atoms with van der Waals surface area (Å²) in [6, 6.07) is 20.4. The van der Waals surface area contributed by atoms with Crippen LogP contribution < -0.4 is 14.6 Å². The van der Waals surface area contributed by atoms with E-state index in [9.17, 15) is 13.2 Å². The number of nitrogens with one attached hydrogen (secondary N) is 1. The molecule has 1 amide bonds. The number of aryl methyl sites for hydroxylation is 2. The van der Waals surface area contributed by atoms with Crippen LogP contribution in [0.4, 0.5) is 11.4 Å². The topological polar surface area (TPSA) is 82.1 Å². The van der Waals surface area contributed by atoms with Crippen molar-refractivity contribution in [2.24, 2.45) is 5.10 Å². The Morgan fingerprint density at radius 2 is 1.50 bits per heavy atom. The van der Waals surface area contributed by atoms with Gasteiger partial charge in [-0.3, -0.25) is 9.10 Å². The molecule has 3 aromatic rings. The maximum Gasteiger partial charge on any atom is 0.271 e. The van der Waals surface area contributed by atoms with E-state index in [1.807, 2.05) is 50.2 Å². The van der Waals surface area contributed by atoms with Crippen molar-refractivity contribution in [1.82, 2.24) is 5.43 Å². The van der Waals surface area contributed by atoms with Crippen LogP contribution in [0.1, 0.15) is 46.5 Å². The van der Waals surface area contributed by atoms with E-state index in [-0.39, 0.29) is 12.5 Å². The molecule has 3 aromatic carbocycles. The van der Waals surface area contributed by atoms with Crippen LogP contribution >= 0.6 is 0 Å². The minimum absolute atomic E-state index is 0.172. The fourth-order valence-electron chi connectivity index (χ4n) is 3.80. The molecule has 0 aliphatic heterocycles. The van der Waals surface area contributed by atoms with E-state index in [0.29, 0.717) is 11.3 Å².